The number of urea groups is 1. The van der Waals surface area contributed by atoms with Crippen molar-refractivity contribution in [1.82, 2.24) is 25.1 Å². The first-order valence-corrected chi connectivity index (χ1v) is 10.4. The van der Waals surface area contributed by atoms with E-state index in [0.717, 1.165) is 54.9 Å². The van der Waals surface area contributed by atoms with E-state index in [1.165, 1.54) is 0 Å². The monoisotopic (exact) mass is 407 g/mol. The molecule has 2 atom stereocenters. The van der Waals surface area contributed by atoms with E-state index in [1.54, 1.807) is 7.05 Å². The second-order valence-corrected chi connectivity index (χ2v) is 7.71. The highest BCUT2D eigenvalue weighted by molar-refractivity contribution is 5.90. The van der Waals surface area contributed by atoms with Gasteiger partial charge in [-0.1, -0.05) is 0 Å². The van der Waals surface area contributed by atoms with Gasteiger partial charge in [-0.3, -0.25) is 0 Å². The number of nitrogens with zero attached hydrogens (tertiary/aromatic N) is 5. The number of hydrogen-bond acceptors (Lipinski definition) is 6. The van der Waals surface area contributed by atoms with Crippen LogP contribution < -0.4 is 15.5 Å². The Balaban J connectivity index is 1.54. The van der Waals surface area contributed by atoms with Crippen molar-refractivity contribution in [2.75, 3.05) is 30.4 Å². The third-order valence-electron chi connectivity index (χ3n) is 5.75. The minimum atomic E-state index is -0.253. The van der Waals surface area contributed by atoms with Crippen LogP contribution in [-0.4, -0.2) is 58.1 Å². The Morgan fingerprint density at radius 1 is 1.17 bits per heavy atom. The van der Waals surface area contributed by atoms with Crippen LogP contribution in [0.3, 0.4) is 0 Å². The fourth-order valence-corrected chi connectivity index (χ4v) is 4.23. The lowest BCUT2D eigenvalue weighted by Crippen LogP contribution is -2.43. The number of ether oxygens (including phenoxy) is 1. The number of benzene rings is 1. The van der Waals surface area contributed by atoms with Gasteiger partial charge in [0.25, 0.3) is 0 Å². The van der Waals surface area contributed by atoms with E-state index in [-0.39, 0.29) is 18.2 Å². The summed E-state index contributed by atoms with van der Waals surface area (Å²) < 4.78 is 7.91. The molecule has 3 aromatic rings. The van der Waals surface area contributed by atoms with Gasteiger partial charge in [-0.15, -0.1) is 0 Å². The van der Waals surface area contributed by atoms with Crippen molar-refractivity contribution in [2.24, 2.45) is 0 Å². The zero-order chi connectivity index (χ0) is 20.7. The second-order valence-electron chi connectivity index (χ2n) is 7.71. The number of anilines is 2. The predicted octanol–water partition coefficient (Wildman–Crippen LogP) is 2.63. The molecule has 2 amide bonds. The van der Waals surface area contributed by atoms with E-state index < -0.39 is 0 Å². The Hall–Kier alpha value is -3.20. The van der Waals surface area contributed by atoms with E-state index in [2.05, 4.69) is 27.6 Å². The Kier molecular flexibility index (Phi) is 4.74. The van der Waals surface area contributed by atoms with Gasteiger partial charge in [-0.05, 0) is 44.0 Å². The molecule has 2 unspecified atom stereocenters. The molecular formula is C21H25N7O2. The number of carbonyl (C=O) groups excluding carboxylic acids is 1. The summed E-state index contributed by atoms with van der Waals surface area (Å²) in [6, 6.07) is 7.29. The number of carbonyl (C=O) groups is 1. The summed E-state index contributed by atoms with van der Waals surface area (Å²) in [4.78, 5) is 23.6. The maximum Gasteiger partial charge on any atom is 0.318 e. The highest BCUT2D eigenvalue weighted by Crippen LogP contribution is 2.33. The molecule has 156 valence electrons. The molecule has 2 N–H and O–H groups in total. The molecule has 9 heteroatoms. The SMILES string of the molecule is CCn1ncc2c(N3CC4CCC(C3)O4)nc(-c3ccc(NC(=O)NC)cc3)nc21. The normalized spacial score (nSPS) is 20.5. The van der Waals surface area contributed by atoms with Gasteiger partial charge in [-0.25, -0.2) is 19.4 Å². The van der Waals surface area contributed by atoms with Crippen molar-refractivity contribution >= 4 is 28.6 Å². The van der Waals surface area contributed by atoms with Crippen LogP contribution in [0.2, 0.25) is 0 Å². The van der Waals surface area contributed by atoms with Gasteiger partial charge >= 0.3 is 6.03 Å². The number of hydrogen-bond donors (Lipinski definition) is 2. The van der Waals surface area contributed by atoms with Gasteiger partial charge in [0.05, 0.1) is 23.8 Å². The fraction of sp³-hybridized carbons (Fsp3) is 0.429. The van der Waals surface area contributed by atoms with Crippen LogP contribution >= 0.6 is 0 Å². The molecule has 2 aromatic heterocycles. The molecule has 2 aliphatic rings. The zero-order valence-electron chi connectivity index (χ0n) is 17.1. The van der Waals surface area contributed by atoms with E-state index in [9.17, 15) is 4.79 Å². The lowest BCUT2D eigenvalue weighted by molar-refractivity contribution is 0.0303. The van der Waals surface area contributed by atoms with Crippen molar-refractivity contribution in [1.29, 1.82) is 0 Å². The molecule has 5 rings (SSSR count). The maximum absolute atomic E-state index is 11.5. The highest BCUT2D eigenvalue weighted by atomic mass is 16.5. The maximum atomic E-state index is 11.5. The summed E-state index contributed by atoms with van der Waals surface area (Å²) in [5.74, 6) is 1.57. The number of aromatic nitrogens is 4. The van der Waals surface area contributed by atoms with Crippen molar-refractivity contribution in [3.05, 3.63) is 30.5 Å². The molecule has 0 aliphatic carbocycles. The van der Waals surface area contributed by atoms with Crippen LogP contribution in [0.4, 0.5) is 16.3 Å². The summed E-state index contributed by atoms with van der Waals surface area (Å²) in [5.41, 5.74) is 2.44. The minimum Gasteiger partial charge on any atom is -0.371 e. The number of amides is 2. The third kappa shape index (κ3) is 3.35. The van der Waals surface area contributed by atoms with Crippen molar-refractivity contribution in [3.8, 4) is 11.4 Å². The lowest BCUT2D eigenvalue weighted by Gasteiger charge is -2.33. The van der Waals surface area contributed by atoms with Gasteiger partial charge in [0.15, 0.2) is 11.5 Å². The average molecular weight is 407 g/mol. The first-order chi connectivity index (χ1) is 14.6. The van der Waals surface area contributed by atoms with Crippen LogP contribution in [-0.2, 0) is 11.3 Å². The van der Waals surface area contributed by atoms with Crippen LogP contribution in [0.1, 0.15) is 19.8 Å². The summed E-state index contributed by atoms with van der Waals surface area (Å²) in [6.07, 6.45) is 4.63. The molecular weight excluding hydrogens is 382 g/mol. The lowest BCUT2D eigenvalue weighted by atomic mass is 10.2. The number of rotatable bonds is 4. The molecule has 30 heavy (non-hydrogen) atoms. The number of fused-ring (bicyclic) bond motifs is 3. The van der Waals surface area contributed by atoms with Crippen LogP contribution in [0.15, 0.2) is 30.5 Å². The van der Waals surface area contributed by atoms with Gasteiger partial charge < -0.3 is 20.3 Å². The van der Waals surface area contributed by atoms with Crippen molar-refractivity contribution in [3.63, 3.8) is 0 Å². The Labute approximate surface area is 174 Å². The summed E-state index contributed by atoms with van der Waals surface area (Å²) >= 11 is 0. The molecule has 9 nitrogen and oxygen atoms in total. The Bertz CT molecular complexity index is 1070. The van der Waals surface area contributed by atoms with E-state index >= 15 is 0 Å². The molecule has 2 aliphatic heterocycles. The zero-order valence-corrected chi connectivity index (χ0v) is 17.1. The Morgan fingerprint density at radius 3 is 2.57 bits per heavy atom. The van der Waals surface area contributed by atoms with E-state index in [4.69, 9.17) is 14.7 Å². The van der Waals surface area contributed by atoms with Gasteiger partial charge in [0.1, 0.15) is 5.82 Å². The topological polar surface area (TPSA) is 97.2 Å². The van der Waals surface area contributed by atoms with Gasteiger partial charge in [0.2, 0.25) is 0 Å². The molecule has 0 saturated carbocycles. The predicted molar refractivity (Wildman–Crippen MR) is 115 cm³/mol. The third-order valence-corrected chi connectivity index (χ3v) is 5.75. The van der Waals surface area contributed by atoms with Crippen molar-refractivity contribution in [2.45, 2.75) is 38.5 Å². The van der Waals surface area contributed by atoms with Gasteiger partial charge in [-0.2, -0.15) is 5.10 Å². The first kappa shape index (κ1) is 18.8. The largest absolute Gasteiger partial charge is 0.371 e. The van der Waals surface area contributed by atoms with Crippen LogP contribution in [0.25, 0.3) is 22.4 Å². The summed E-state index contributed by atoms with van der Waals surface area (Å²) in [5, 5.41) is 10.8. The van der Waals surface area contributed by atoms with E-state index in [0.29, 0.717) is 11.5 Å². The Morgan fingerprint density at radius 2 is 1.90 bits per heavy atom. The standard InChI is InChI=1S/C21H25N7O2/c1-3-28-20-17(10-23-28)19(27-11-15-8-9-16(12-27)30-15)25-18(26-20)13-4-6-14(7-5-13)24-21(29)22-2/h4-7,10,15-16H,3,8-9,11-12H2,1-2H3,(H2,22,24,29). The molecule has 1 aromatic carbocycles. The molecule has 2 bridgehead atoms. The molecule has 4 heterocycles. The first-order valence-electron chi connectivity index (χ1n) is 10.4. The smallest absolute Gasteiger partial charge is 0.318 e. The molecule has 2 saturated heterocycles. The second kappa shape index (κ2) is 7.56. The van der Waals surface area contributed by atoms with E-state index in [1.807, 2.05) is 35.1 Å². The van der Waals surface area contributed by atoms with Crippen LogP contribution in [0.5, 0.6) is 0 Å². The fourth-order valence-electron chi connectivity index (χ4n) is 4.23. The van der Waals surface area contributed by atoms with Gasteiger partial charge in [0, 0.05) is 37.9 Å². The van der Waals surface area contributed by atoms with Crippen LogP contribution in [0, 0.1) is 0 Å². The number of aryl methyl sites for hydroxylation is 1. The highest BCUT2D eigenvalue weighted by Gasteiger charge is 2.35. The average Bonchev–Trinajstić information content (AvgIpc) is 3.35. The summed E-state index contributed by atoms with van der Waals surface area (Å²) in [7, 11) is 1.59. The molecule has 0 spiro atoms. The van der Waals surface area contributed by atoms with Crippen molar-refractivity contribution < 1.29 is 9.53 Å². The number of nitrogens with one attached hydrogen (secondary N) is 2. The number of morpholine rings is 1. The summed E-state index contributed by atoms with van der Waals surface area (Å²) in [6.45, 7) is 4.48. The minimum absolute atomic E-state index is 0.253. The molecule has 2 fully saturated rings. The molecule has 0 radical (unpaired) electrons. The quantitative estimate of drug-likeness (QED) is 0.690.